The summed E-state index contributed by atoms with van der Waals surface area (Å²) in [5.74, 6) is -0.771. The fourth-order valence-electron chi connectivity index (χ4n) is 2.93. The highest BCUT2D eigenvalue weighted by atomic mass is 32.2. The Bertz CT molecular complexity index is 1150. The van der Waals surface area contributed by atoms with E-state index in [0.717, 1.165) is 11.6 Å². The summed E-state index contributed by atoms with van der Waals surface area (Å²) in [4.78, 5) is 12.3. The van der Waals surface area contributed by atoms with Gasteiger partial charge in [0.2, 0.25) is 0 Å². The third-order valence-corrected chi connectivity index (χ3v) is 6.15. The minimum absolute atomic E-state index is 0.133. The molecule has 1 unspecified atom stereocenters. The lowest BCUT2D eigenvalue weighted by Crippen LogP contribution is -2.27. The van der Waals surface area contributed by atoms with Crippen LogP contribution in [0, 0.1) is 12.7 Å². The molecule has 5 nitrogen and oxygen atoms in total. The SMILES string of the molecule is Cc1ccc(S(=O)(=O)Nc2cccc(C(=O)NCC(C)c3ccccc3)c2)cc1F. The third kappa shape index (κ3) is 5.24. The highest BCUT2D eigenvalue weighted by Gasteiger charge is 2.17. The van der Waals surface area contributed by atoms with Gasteiger partial charge in [0.15, 0.2) is 0 Å². The molecule has 0 saturated carbocycles. The van der Waals surface area contributed by atoms with Crippen molar-refractivity contribution in [3.05, 3.63) is 95.3 Å². The Balaban J connectivity index is 1.69. The van der Waals surface area contributed by atoms with E-state index in [1.54, 1.807) is 19.1 Å². The Morgan fingerprint density at radius 3 is 2.43 bits per heavy atom. The Morgan fingerprint density at radius 2 is 1.73 bits per heavy atom. The van der Waals surface area contributed by atoms with Crippen molar-refractivity contribution >= 4 is 21.6 Å². The minimum atomic E-state index is -3.98. The maximum Gasteiger partial charge on any atom is 0.261 e. The third-order valence-electron chi connectivity index (χ3n) is 4.77. The van der Waals surface area contributed by atoms with Crippen LogP contribution in [0.5, 0.6) is 0 Å². The summed E-state index contributed by atoms with van der Waals surface area (Å²) >= 11 is 0. The van der Waals surface area contributed by atoms with E-state index in [9.17, 15) is 17.6 Å². The number of hydrogen-bond acceptors (Lipinski definition) is 3. The number of aryl methyl sites for hydroxylation is 1. The van der Waals surface area contributed by atoms with Crippen molar-refractivity contribution < 1.29 is 17.6 Å². The lowest BCUT2D eigenvalue weighted by Gasteiger charge is -2.14. The molecular weight excluding hydrogens is 403 g/mol. The monoisotopic (exact) mass is 426 g/mol. The normalized spacial score (nSPS) is 12.2. The molecule has 0 fully saturated rings. The van der Waals surface area contributed by atoms with E-state index < -0.39 is 15.8 Å². The van der Waals surface area contributed by atoms with E-state index in [1.165, 1.54) is 24.3 Å². The molecule has 1 atom stereocenters. The van der Waals surface area contributed by atoms with Gasteiger partial charge in [-0.05, 0) is 54.3 Å². The number of nitrogens with one attached hydrogen (secondary N) is 2. The maximum absolute atomic E-state index is 13.7. The zero-order valence-electron chi connectivity index (χ0n) is 16.7. The highest BCUT2D eigenvalue weighted by Crippen LogP contribution is 2.20. The molecule has 2 N–H and O–H groups in total. The second-order valence-corrected chi connectivity index (χ2v) is 8.80. The van der Waals surface area contributed by atoms with Crippen LogP contribution in [-0.4, -0.2) is 20.9 Å². The Morgan fingerprint density at radius 1 is 1.00 bits per heavy atom. The molecule has 30 heavy (non-hydrogen) atoms. The number of halogens is 1. The molecule has 0 heterocycles. The van der Waals surface area contributed by atoms with Crippen molar-refractivity contribution in [2.24, 2.45) is 0 Å². The summed E-state index contributed by atoms with van der Waals surface area (Å²) in [5, 5.41) is 2.87. The van der Waals surface area contributed by atoms with Gasteiger partial charge >= 0.3 is 0 Å². The molecular formula is C23H23FN2O3S. The van der Waals surface area contributed by atoms with Crippen LogP contribution in [0.2, 0.25) is 0 Å². The Hall–Kier alpha value is -3.19. The second-order valence-electron chi connectivity index (χ2n) is 7.12. The van der Waals surface area contributed by atoms with Crippen LogP contribution in [0.1, 0.15) is 34.3 Å². The molecule has 0 bridgehead atoms. The fourth-order valence-corrected chi connectivity index (χ4v) is 3.99. The average molecular weight is 427 g/mol. The van der Waals surface area contributed by atoms with Crippen molar-refractivity contribution in [1.29, 1.82) is 0 Å². The van der Waals surface area contributed by atoms with Crippen LogP contribution in [0.4, 0.5) is 10.1 Å². The van der Waals surface area contributed by atoms with Crippen LogP contribution in [0.15, 0.2) is 77.7 Å². The molecule has 156 valence electrons. The van der Waals surface area contributed by atoms with E-state index in [1.807, 2.05) is 37.3 Å². The molecule has 0 saturated heterocycles. The van der Waals surface area contributed by atoms with Crippen LogP contribution in [0.25, 0.3) is 0 Å². The molecule has 3 aromatic rings. The van der Waals surface area contributed by atoms with Crippen LogP contribution < -0.4 is 10.0 Å². The number of rotatable bonds is 7. The number of carbonyl (C=O) groups is 1. The van der Waals surface area contributed by atoms with E-state index in [0.29, 0.717) is 17.7 Å². The highest BCUT2D eigenvalue weighted by molar-refractivity contribution is 7.92. The van der Waals surface area contributed by atoms with Gasteiger partial charge in [0.05, 0.1) is 4.90 Å². The summed E-state index contributed by atoms with van der Waals surface area (Å²) in [6, 6.07) is 19.7. The van der Waals surface area contributed by atoms with Crippen molar-refractivity contribution in [1.82, 2.24) is 5.32 Å². The first-order valence-corrected chi connectivity index (χ1v) is 11.0. The maximum atomic E-state index is 13.7. The average Bonchev–Trinajstić information content (AvgIpc) is 2.74. The standard InChI is InChI=1S/C23H23FN2O3S/c1-16-11-12-21(14-22(16)24)30(28,29)26-20-10-6-9-19(13-20)23(27)25-15-17(2)18-7-4-3-5-8-18/h3-14,17,26H,15H2,1-2H3,(H,25,27). The number of anilines is 1. The number of amides is 1. The zero-order chi connectivity index (χ0) is 21.7. The molecule has 0 radical (unpaired) electrons. The van der Waals surface area contributed by atoms with Gasteiger partial charge < -0.3 is 5.32 Å². The van der Waals surface area contributed by atoms with Crippen molar-refractivity contribution in [3.8, 4) is 0 Å². The summed E-state index contributed by atoms with van der Waals surface area (Å²) in [6.07, 6.45) is 0. The molecule has 0 aliphatic rings. The molecule has 3 rings (SSSR count). The first kappa shape index (κ1) is 21.5. The van der Waals surface area contributed by atoms with Gasteiger partial charge in [-0.2, -0.15) is 0 Å². The van der Waals surface area contributed by atoms with Crippen LogP contribution in [0.3, 0.4) is 0 Å². The molecule has 0 aliphatic carbocycles. The van der Waals surface area contributed by atoms with Crippen molar-refractivity contribution in [2.45, 2.75) is 24.7 Å². The summed E-state index contributed by atoms with van der Waals surface area (Å²) in [6.45, 7) is 4.02. The minimum Gasteiger partial charge on any atom is -0.351 e. The van der Waals surface area contributed by atoms with Gasteiger partial charge in [-0.1, -0.05) is 49.4 Å². The van der Waals surface area contributed by atoms with E-state index in [4.69, 9.17) is 0 Å². The lowest BCUT2D eigenvalue weighted by molar-refractivity contribution is 0.0951. The summed E-state index contributed by atoms with van der Waals surface area (Å²) in [7, 11) is -3.98. The Labute approximate surface area is 176 Å². The number of carbonyl (C=O) groups excluding carboxylic acids is 1. The predicted octanol–water partition coefficient (Wildman–Crippen LogP) is 4.47. The Kier molecular flexibility index (Phi) is 6.52. The van der Waals surface area contributed by atoms with Crippen molar-refractivity contribution in [2.75, 3.05) is 11.3 Å². The number of hydrogen-bond donors (Lipinski definition) is 2. The molecule has 3 aromatic carbocycles. The quantitative estimate of drug-likeness (QED) is 0.585. The van der Waals surface area contributed by atoms with Gasteiger partial charge in [0.25, 0.3) is 15.9 Å². The van der Waals surface area contributed by atoms with E-state index in [2.05, 4.69) is 10.0 Å². The molecule has 0 aromatic heterocycles. The van der Waals surface area contributed by atoms with Crippen molar-refractivity contribution in [3.63, 3.8) is 0 Å². The number of benzene rings is 3. The summed E-state index contributed by atoms with van der Waals surface area (Å²) < 4.78 is 41.2. The van der Waals surface area contributed by atoms with E-state index >= 15 is 0 Å². The molecule has 7 heteroatoms. The fraction of sp³-hybridized carbons (Fsp3) is 0.174. The van der Waals surface area contributed by atoms with E-state index in [-0.39, 0.29) is 22.4 Å². The molecule has 0 spiro atoms. The molecule has 0 aliphatic heterocycles. The lowest BCUT2D eigenvalue weighted by atomic mass is 10.0. The van der Waals surface area contributed by atoms with Crippen LogP contribution >= 0.6 is 0 Å². The first-order valence-electron chi connectivity index (χ1n) is 9.48. The molecule has 1 amide bonds. The van der Waals surface area contributed by atoms with Gasteiger partial charge in [-0.15, -0.1) is 0 Å². The van der Waals surface area contributed by atoms with Gasteiger partial charge in [0, 0.05) is 17.8 Å². The summed E-state index contributed by atoms with van der Waals surface area (Å²) in [5.41, 5.74) is 2.02. The zero-order valence-corrected chi connectivity index (χ0v) is 17.5. The first-order chi connectivity index (χ1) is 14.3. The number of sulfonamides is 1. The smallest absolute Gasteiger partial charge is 0.261 e. The second kappa shape index (κ2) is 9.09. The van der Waals surface area contributed by atoms with Gasteiger partial charge in [-0.25, -0.2) is 12.8 Å². The van der Waals surface area contributed by atoms with Gasteiger partial charge in [0.1, 0.15) is 5.82 Å². The topological polar surface area (TPSA) is 75.3 Å². The van der Waals surface area contributed by atoms with Crippen LogP contribution in [-0.2, 0) is 10.0 Å². The predicted molar refractivity (Wildman–Crippen MR) is 116 cm³/mol. The van der Waals surface area contributed by atoms with Gasteiger partial charge in [-0.3, -0.25) is 9.52 Å². The largest absolute Gasteiger partial charge is 0.351 e.